The van der Waals surface area contributed by atoms with Crippen LogP contribution in [-0.4, -0.2) is 98.8 Å². The summed E-state index contributed by atoms with van der Waals surface area (Å²) in [6.07, 6.45) is 7.32. The summed E-state index contributed by atoms with van der Waals surface area (Å²) in [5, 5.41) is 0. The van der Waals surface area contributed by atoms with Crippen molar-refractivity contribution in [3.05, 3.63) is 60.2 Å². The third kappa shape index (κ3) is 10.6. The zero-order valence-electron chi connectivity index (χ0n) is 18.9. The average molecular weight is 445 g/mol. The first kappa shape index (κ1) is 24.7. The number of hydrogen-bond acceptors (Lipinski definition) is 8. The molecule has 176 valence electrons. The van der Waals surface area contributed by atoms with Crippen molar-refractivity contribution in [2.24, 2.45) is 0 Å². The van der Waals surface area contributed by atoms with E-state index in [1.807, 2.05) is 49.1 Å². The lowest BCUT2D eigenvalue weighted by atomic mass is 10.2. The number of nitrogens with zero attached hydrogens (tertiary/aromatic N) is 4. The molecule has 0 saturated carbocycles. The summed E-state index contributed by atoms with van der Waals surface area (Å²) < 4.78 is 23.2. The van der Waals surface area contributed by atoms with Gasteiger partial charge in [-0.3, -0.25) is 19.8 Å². The lowest BCUT2D eigenvalue weighted by molar-refractivity contribution is 0.00624. The maximum Gasteiger partial charge on any atom is 0.0701 e. The van der Waals surface area contributed by atoms with Gasteiger partial charge >= 0.3 is 0 Å². The number of hydrogen-bond donors (Lipinski definition) is 0. The van der Waals surface area contributed by atoms with Crippen LogP contribution in [0.3, 0.4) is 0 Å². The molecule has 0 atom stereocenters. The van der Waals surface area contributed by atoms with E-state index in [4.69, 9.17) is 18.9 Å². The summed E-state index contributed by atoms with van der Waals surface area (Å²) >= 11 is 0. The number of pyridine rings is 2. The molecule has 0 aliphatic carbocycles. The van der Waals surface area contributed by atoms with Gasteiger partial charge in [-0.25, -0.2) is 0 Å². The maximum atomic E-state index is 5.81. The van der Waals surface area contributed by atoms with E-state index in [1.165, 1.54) is 11.1 Å². The third-order valence-electron chi connectivity index (χ3n) is 5.26. The standard InChI is InChI=1S/C24H36N4O4/c1-5-25-6-2-23(1)21-27-9-13-29-17-19-31-15-11-28(22-24-3-7-26-8-4-24)12-16-32-20-18-30-14-10-27/h1-8H,9-22H2. The van der Waals surface area contributed by atoms with Crippen molar-refractivity contribution in [3.63, 3.8) is 0 Å². The van der Waals surface area contributed by atoms with Crippen molar-refractivity contribution >= 4 is 0 Å². The van der Waals surface area contributed by atoms with Gasteiger partial charge in [0.2, 0.25) is 0 Å². The second-order valence-electron chi connectivity index (χ2n) is 7.71. The first-order valence-electron chi connectivity index (χ1n) is 11.4. The van der Waals surface area contributed by atoms with Crippen LogP contribution >= 0.6 is 0 Å². The largest absolute Gasteiger partial charge is 0.378 e. The highest BCUT2D eigenvalue weighted by Gasteiger charge is 2.09. The maximum absolute atomic E-state index is 5.81. The van der Waals surface area contributed by atoms with Gasteiger partial charge in [0.15, 0.2) is 0 Å². The highest BCUT2D eigenvalue weighted by atomic mass is 16.5. The second kappa shape index (κ2) is 15.8. The van der Waals surface area contributed by atoms with Crippen LogP contribution in [-0.2, 0) is 32.0 Å². The first-order chi connectivity index (χ1) is 15.9. The molecule has 2 aromatic rings. The molecule has 0 N–H and O–H groups in total. The Morgan fingerprint density at radius 2 is 0.812 bits per heavy atom. The molecule has 32 heavy (non-hydrogen) atoms. The molecule has 0 aromatic carbocycles. The molecule has 1 aliphatic rings. The Labute approximate surface area is 191 Å². The van der Waals surface area contributed by atoms with Crippen LogP contribution in [0.4, 0.5) is 0 Å². The molecule has 3 rings (SSSR count). The lowest BCUT2D eigenvalue weighted by Gasteiger charge is -2.23. The molecule has 1 aliphatic heterocycles. The topological polar surface area (TPSA) is 69.2 Å². The van der Waals surface area contributed by atoms with Crippen molar-refractivity contribution in [2.75, 3.05) is 79.0 Å². The van der Waals surface area contributed by atoms with Crippen molar-refractivity contribution in [3.8, 4) is 0 Å². The smallest absolute Gasteiger partial charge is 0.0701 e. The fourth-order valence-electron chi connectivity index (χ4n) is 3.45. The normalized spacial score (nSPS) is 19.8. The minimum Gasteiger partial charge on any atom is -0.378 e. The molecule has 1 saturated heterocycles. The van der Waals surface area contributed by atoms with Gasteiger partial charge in [-0.15, -0.1) is 0 Å². The minimum absolute atomic E-state index is 0.604. The minimum atomic E-state index is 0.604. The predicted molar refractivity (Wildman–Crippen MR) is 122 cm³/mol. The van der Waals surface area contributed by atoms with Gasteiger partial charge in [0.25, 0.3) is 0 Å². The van der Waals surface area contributed by atoms with Crippen molar-refractivity contribution < 1.29 is 18.9 Å². The fraction of sp³-hybridized carbons (Fsp3) is 0.583. The zero-order chi connectivity index (χ0) is 22.1. The Balaban J connectivity index is 1.43. The highest BCUT2D eigenvalue weighted by molar-refractivity contribution is 5.10. The van der Waals surface area contributed by atoms with Gasteiger partial charge in [-0.1, -0.05) is 0 Å². The van der Waals surface area contributed by atoms with E-state index >= 15 is 0 Å². The van der Waals surface area contributed by atoms with E-state index in [1.54, 1.807) is 0 Å². The molecule has 2 aromatic heterocycles. The molecule has 8 heteroatoms. The quantitative estimate of drug-likeness (QED) is 0.708. The van der Waals surface area contributed by atoms with Crippen molar-refractivity contribution in [2.45, 2.75) is 13.1 Å². The van der Waals surface area contributed by atoms with Gasteiger partial charge in [-0.05, 0) is 35.4 Å². The molecule has 0 unspecified atom stereocenters. The van der Waals surface area contributed by atoms with E-state index in [9.17, 15) is 0 Å². The summed E-state index contributed by atoms with van der Waals surface area (Å²) in [6, 6.07) is 8.19. The monoisotopic (exact) mass is 444 g/mol. The first-order valence-corrected chi connectivity index (χ1v) is 11.4. The Bertz CT molecular complexity index is 626. The van der Waals surface area contributed by atoms with E-state index in [-0.39, 0.29) is 0 Å². The Kier molecular flexibility index (Phi) is 12.2. The van der Waals surface area contributed by atoms with E-state index in [0.29, 0.717) is 52.9 Å². The SMILES string of the molecule is c1cc(CN2CCOCCOCCN(Cc3ccncc3)CCOCCOCC2)ccn1. The van der Waals surface area contributed by atoms with Crippen LogP contribution in [0.25, 0.3) is 0 Å². The second-order valence-corrected chi connectivity index (χ2v) is 7.71. The van der Waals surface area contributed by atoms with Gasteiger partial charge in [0.05, 0.1) is 52.9 Å². The third-order valence-corrected chi connectivity index (χ3v) is 5.26. The number of rotatable bonds is 4. The summed E-state index contributed by atoms with van der Waals surface area (Å²) in [7, 11) is 0. The van der Waals surface area contributed by atoms with Crippen LogP contribution in [0.1, 0.15) is 11.1 Å². The van der Waals surface area contributed by atoms with E-state index in [2.05, 4.69) is 19.8 Å². The van der Waals surface area contributed by atoms with Crippen LogP contribution in [0.15, 0.2) is 49.1 Å². The summed E-state index contributed by atoms with van der Waals surface area (Å²) in [6.45, 7) is 10.2. The zero-order valence-corrected chi connectivity index (χ0v) is 18.9. The Hall–Kier alpha value is -1.94. The molecule has 0 spiro atoms. The van der Waals surface area contributed by atoms with Crippen LogP contribution in [0.5, 0.6) is 0 Å². The number of aromatic nitrogens is 2. The van der Waals surface area contributed by atoms with Gasteiger partial charge in [-0.2, -0.15) is 0 Å². The highest BCUT2D eigenvalue weighted by Crippen LogP contribution is 2.05. The van der Waals surface area contributed by atoms with Crippen LogP contribution in [0.2, 0.25) is 0 Å². The Morgan fingerprint density at radius 1 is 0.500 bits per heavy atom. The summed E-state index contributed by atoms with van der Waals surface area (Å²) in [5.41, 5.74) is 2.48. The van der Waals surface area contributed by atoms with Crippen molar-refractivity contribution in [1.29, 1.82) is 0 Å². The van der Waals surface area contributed by atoms with Gasteiger partial charge in [0, 0.05) is 64.1 Å². The van der Waals surface area contributed by atoms with Crippen LogP contribution in [0, 0.1) is 0 Å². The van der Waals surface area contributed by atoms with E-state index in [0.717, 1.165) is 39.3 Å². The van der Waals surface area contributed by atoms with Gasteiger partial charge in [0.1, 0.15) is 0 Å². The molecule has 0 radical (unpaired) electrons. The van der Waals surface area contributed by atoms with E-state index < -0.39 is 0 Å². The lowest BCUT2D eigenvalue weighted by Crippen LogP contribution is -2.32. The fourth-order valence-corrected chi connectivity index (χ4v) is 3.45. The Morgan fingerprint density at radius 3 is 1.12 bits per heavy atom. The molecule has 3 heterocycles. The summed E-state index contributed by atoms with van der Waals surface area (Å²) in [4.78, 5) is 12.9. The average Bonchev–Trinajstić information content (AvgIpc) is 2.82. The predicted octanol–water partition coefficient (Wildman–Crippen LogP) is 1.86. The van der Waals surface area contributed by atoms with Crippen LogP contribution < -0.4 is 0 Å². The molecular formula is C24H36N4O4. The molecule has 0 amide bonds. The molecule has 0 bridgehead atoms. The van der Waals surface area contributed by atoms with Crippen molar-refractivity contribution in [1.82, 2.24) is 19.8 Å². The molecular weight excluding hydrogens is 408 g/mol. The molecule has 8 nitrogen and oxygen atoms in total. The summed E-state index contributed by atoms with van der Waals surface area (Å²) in [5.74, 6) is 0. The molecule has 1 fully saturated rings. The van der Waals surface area contributed by atoms with Gasteiger partial charge < -0.3 is 18.9 Å². The number of ether oxygens (including phenoxy) is 4.